The molecule has 0 saturated carbocycles. The van der Waals surface area contributed by atoms with Crippen molar-refractivity contribution < 1.29 is 17.7 Å². The second-order valence-corrected chi connectivity index (χ2v) is 21.8. The number of nitriles is 2. The van der Waals surface area contributed by atoms with Crippen molar-refractivity contribution >= 4 is 106 Å². The van der Waals surface area contributed by atoms with Crippen molar-refractivity contribution in [1.82, 2.24) is 18.9 Å². The van der Waals surface area contributed by atoms with E-state index in [1.807, 2.05) is 152 Å². The van der Waals surface area contributed by atoms with Crippen LogP contribution in [0.25, 0.3) is 53.6 Å². The van der Waals surface area contributed by atoms with E-state index in [1.165, 1.54) is 22.7 Å². The average Bonchev–Trinajstić information content (AvgIpc) is 4.22. The molecule has 0 saturated heterocycles. The van der Waals surface area contributed by atoms with E-state index in [1.54, 1.807) is 0 Å². The number of ether oxygens (including phenoxy) is 1. The Morgan fingerprint density at radius 2 is 1.23 bits per heavy atom. The van der Waals surface area contributed by atoms with Crippen LogP contribution in [0.5, 0.6) is 5.75 Å². The van der Waals surface area contributed by atoms with E-state index in [0.29, 0.717) is 50.5 Å². The van der Waals surface area contributed by atoms with Crippen LogP contribution in [0, 0.1) is 29.6 Å². The van der Waals surface area contributed by atoms with Gasteiger partial charge in [-0.3, -0.25) is 4.55 Å². The van der Waals surface area contributed by atoms with Crippen LogP contribution in [-0.2, 0) is 16.5 Å². The first kappa shape index (κ1) is 48.9. The zero-order valence-corrected chi connectivity index (χ0v) is 43.1. The maximum absolute atomic E-state index is 12.0. The second-order valence-electron chi connectivity index (χ2n) is 18.2. The average molecular weight is 1030 g/mol. The summed E-state index contributed by atoms with van der Waals surface area (Å²) in [4.78, 5) is 10.4. The van der Waals surface area contributed by atoms with Crippen LogP contribution in [0.1, 0.15) is 39.7 Å². The van der Waals surface area contributed by atoms with Crippen LogP contribution < -0.4 is 31.8 Å². The fourth-order valence-corrected chi connectivity index (χ4v) is 12.5. The molecule has 0 amide bonds. The van der Waals surface area contributed by atoms with Gasteiger partial charge in [0.25, 0.3) is 17.5 Å². The van der Waals surface area contributed by atoms with Gasteiger partial charge in [-0.2, -0.15) is 18.9 Å². The normalized spacial score (nSPS) is 12.4. The Bertz CT molecular complexity index is 4150. The van der Waals surface area contributed by atoms with Crippen LogP contribution in [-0.4, -0.2) is 58.5 Å². The zero-order valence-electron chi connectivity index (χ0n) is 40.7. The lowest BCUT2D eigenvalue weighted by atomic mass is 9.50. The molecular weight excluding hydrogens is 987 g/mol. The van der Waals surface area contributed by atoms with Gasteiger partial charge in [0.15, 0.2) is 0 Å². The molecular formula is C60H45B2N6O4S3. The molecule has 11 aromatic rings. The van der Waals surface area contributed by atoms with Gasteiger partial charge in [-0.15, -0.1) is 22.7 Å². The minimum absolute atomic E-state index is 0.240. The van der Waals surface area contributed by atoms with Crippen LogP contribution in [0.2, 0.25) is 0 Å². The summed E-state index contributed by atoms with van der Waals surface area (Å²) in [6.07, 6.45) is 0.974. The molecule has 363 valence electrons. The molecule has 4 aromatic heterocycles. The first-order valence-corrected chi connectivity index (χ1v) is 27.7. The Balaban J connectivity index is 1.36. The van der Waals surface area contributed by atoms with Gasteiger partial charge < -0.3 is 13.7 Å². The molecule has 0 atom stereocenters. The molecule has 15 heteroatoms. The number of rotatable bonds is 16. The Morgan fingerprint density at radius 1 is 0.667 bits per heavy atom. The van der Waals surface area contributed by atoms with Crippen LogP contribution in [0.3, 0.4) is 0 Å². The van der Waals surface area contributed by atoms with Crippen LogP contribution >= 0.6 is 22.7 Å². The van der Waals surface area contributed by atoms with Crippen molar-refractivity contribution in [1.29, 1.82) is 10.5 Å². The maximum atomic E-state index is 12.0. The molecule has 0 bridgehead atoms. The van der Waals surface area contributed by atoms with E-state index < -0.39 is 17.0 Å². The lowest BCUT2D eigenvalue weighted by molar-refractivity contribution is 0.309. The van der Waals surface area contributed by atoms with Crippen molar-refractivity contribution in [2.75, 3.05) is 12.4 Å². The van der Waals surface area contributed by atoms with Crippen molar-refractivity contribution in [3.05, 3.63) is 226 Å². The second kappa shape index (κ2) is 21.3. The highest BCUT2D eigenvalue weighted by molar-refractivity contribution is 7.85. The van der Waals surface area contributed by atoms with Crippen LogP contribution in [0.4, 0.5) is 0 Å². The van der Waals surface area contributed by atoms with Gasteiger partial charge in [0, 0.05) is 34.1 Å². The number of fused-ring (bicyclic) bond motifs is 3. The number of aromatic nitrogens is 4. The lowest BCUT2D eigenvalue weighted by Gasteiger charge is -2.23. The highest BCUT2D eigenvalue weighted by atomic mass is 32.2. The quantitative estimate of drug-likeness (QED) is 0.0573. The summed E-state index contributed by atoms with van der Waals surface area (Å²) in [5.74, 6) is 0.244. The lowest BCUT2D eigenvalue weighted by Crippen LogP contribution is -2.53. The topological polar surface area (TPSA) is 147 Å². The molecule has 75 heavy (non-hydrogen) atoms. The summed E-state index contributed by atoms with van der Waals surface area (Å²) in [5, 5.41) is 27.8. The minimum Gasteiger partial charge on any atom is -0.494 e. The van der Waals surface area contributed by atoms with Gasteiger partial charge in [-0.1, -0.05) is 168 Å². The molecule has 0 unspecified atom stereocenters. The van der Waals surface area contributed by atoms with E-state index >= 15 is 0 Å². The Morgan fingerprint density at radius 3 is 1.81 bits per heavy atom. The third-order valence-electron chi connectivity index (χ3n) is 13.3. The van der Waals surface area contributed by atoms with Crippen molar-refractivity contribution in [3.8, 4) is 29.1 Å². The standard InChI is InChI=1S/C60H45B2N6O4S3/c1-40-20-11-12-29-46(40)57-55-54(58(48(39-64)60-66-50-31-14-16-33-53(50)74-60)68(57)62(43-24-7-3-8-25-43)44-26-9-4-10-27-44)51(37-41-21-19-28-45(36-41)72-34-17-18-35-75(69,70)71)67(61-42-22-5-2-6-23-42)56(55)47(38-63)59-65-49-30-13-15-32-52(49)73-59/h2-16,19-33,36H,17-18,34-35,37H2,1H3,(H,69,70,71)/b56-47-,58-48-. The van der Waals surface area contributed by atoms with Gasteiger partial charge in [-0.05, 0) is 67.3 Å². The zero-order chi connectivity index (χ0) is 51.5. The molecule has 0 aliphatic heterocycles. The molecule has 0 aliphatic carbocycles. The van der Waals surface area contributed by atoms with Gasteiger partial charge in [-0.25, -0.2) is 9.97 Å². The van der Waals surface area contributed by atoms with Crippen molar-refractivity contribution in [2.24, 2.45) is 0 Å². The number of para-hydroxylation sites is 2. The summed E-state index contributed by atoms with van der Waals surface area (Å²) in [7, 11) is -2.02. The molecule has 10 nitrogen and oxygen atoms in total. The molecule has 4 heterocycles. The van der Waals surface area contributed by atoms with Crippen LogP contribution in [0.15, 0.2) is 188 Å². The fraction of sp³-hybridized carbons (Fsp3) is 0.100. The Kier molecular flexibility index (Phi) is 13.9. The summed E-state index contributed by atoms with van der Waals surface area (Å²) in [5.41, 5.74) is 9.59. The molecule has 1 N–H and O–H groups in total. The minimum atomic E-state index is -4.09. The van der Waals surface area contributed by atoms with E-state index in [9.17, 15) is 23.5 Å². The smallest absolute Gasteiger partial charge is 0.328 e. The number of benzene rings is 7. The summed E-state index contributed by atoms with van der Waals surface area (Å²) >= 11 is 2.94. The monoisotopic (exact) mass is 1030 g/mol. The Labute approximate surface area is 443 Å². The van der Waals surface area contributed by atoms with Gasteiger partial charge in [0.05, 0.1) is 43.5 Å². The number of thiazole rings is 2. The number of hydrogen-bond acceptors (Lipinski definition) is 9. The Hall–Kier alpha value is -8.30. The fourth-order valence-electron chi connectivity index (χ4n) is 9.97. The highest BCUT2D eigenvalue weighted by Crippen LogP contribution is 2.36. The SMILES string of the molecule is Cc1ccccc1-c1c2/c(=C(\C#N)c3nc4ccccc4s3)n([B]c3ccccc3)c(Cc3cccc(OCCCCS(=O)(=O)O)c3)c2/c(=C(\C#N)c2nc3ccccc3s2)n1B(c1ccccc1)c1ccccc1. The third-order valence-corrected chi connectivity index (χ3v) is 16.2. The largest absolute Gasteiger partial charge is 0.494 e. The maximum Gasteiger partial charge on any atom is 0.328 e. The molecule has 0 aliphatic rings. The van der Waals surface area contributed by atoms with Gasteiger partial charge in [0.2, 0.25) is 0 Å². The first-order chi connectivity index (χ1) is 36.7. The number of unbranched alkanes of at least 4 members (excludes halogenated alkanes) is 1. The number of hydrogen-bond donors (Lipinski definition) is 1. The van der Waals surface area contributed by atoms with Gasteiger partial charge >= 0.3 is 6.85 Å². The predicted octanol–water partition coefficient (Wildman–Crippen LogP) is 9.17. The van der Waals surface area contributed by atoms with E-state index in [0.717, 1.165) is 75.7 Å². The van der Waals surface area contributed by atoms with E-state index in [2.05, 4.69) is 71.8 Å². The molecule has 11 rings (SSSR count). The summed E-state index contributed by atoms with van der Waals surface area (Å²) < 4.78 is 44.9. The molecule has 0 fully saturated rings. The summed E-state index contributed by atoms with van der Waals surface area (Å²) in [6.45, 7) is 1.84. The third kappa shape index (κ3) is 9.95. The highest BCUT2D eigenvalue weighted by Gasteiger charge is 2.35. The van der Waals surface area contributed by atoms with Crippen molar-refractivity contribution in [3.63, 3.8) is 0 Å². The molecule has 0 spiro atoms. The van der Waals surface area contributed by atoms with E-state index in [-0.39, 0.29) is 18.8 Å². The molecule has 1 radical (unpaired) electrons. The van der Waals surface area contributed by atoms with E-state index in [4.69, 9.17) is 14.7 Å². The predicted molar refractivity (Wildman–Crippen MR) is 306 cm³/mol. The number of nitrogens with zero attached hydrogens (tertiary/aromatic N) is 6. The molecule has 7 aromatic carbocycles. The first-order valence-electron chi connectivity index (χ1n) is 24.5. The van der Waals surface area contributed by atoms with Gasteiger partial charge in [0.1, 0.15) is 39.0 Å². The number of aryl methyl sites for hydroxylation is 1. The van der Waals surface area contributed by atoms with Crippen molar-refractivity contribution in [2.45, 2.75) is 26.2 Å². The summed E-state index contributed by atoms with van der Waals surface area (Å²) in [6, 6.07) is 68.2.